The summed E-state index contributed by atoms with van der Waals surface area (Å²) in [6.45, 7) is 2.23. The van der Waals surface area contributed by atoms with Crippen molar-refractivity contribution >= 4 is 39.4 Å². The quantitative estimate of drug-likeness (QED) is 0.378. The van der Waals surface area contributed by atoms with Crippen LogP contribution in [-0.4, -0.2) is 17.8 Å². The molecule has 3 aliphatic rings. The van der Waals surface area contributed by atoms with E-state index in [1.54, 1.807) is 24.3 Å². The van der Waals surface area contributed by atoms with E-state index in [4.69, 9.17) is 4.74 Å². The fourth-order valence-corrected chi connectivity index (χ4v) is 5.35. The highest BCUT2D eigenvalue weighted by molar-refractivity contribution is 9.10. The Morgan fingerprint density at radius 2 is 1.70 bits per heavy atom. The number of nitrogens with zero attached hydrogens (tertiary/aromatic N) is 1. The Morgan fingerprint density at radius 3 is 2.40 bits per heavy atom. The molecular formula is C24H20BrNO4. The lowest BCUT2D eigenvalue weighted by Gasteiger charge is -2.19. The van der Waals surface area contributed by atoms with E-state index in [-0.39, 0.29) is 42.1 Å². The molecule has 152 valence electrons. The molecule has 0 spiro atoms. The van der Waals surface area contributed by atoms with Crippen LogP contribution in [0.15, 0.2) is 64.7 Å². The van der Waals surface area contributed by atoms with Gasteiger partial charge < -0.3 is 4.74 Å². The minimum atomic E-state index is -0.446. The first-order valence-electron chi connectivity index (χ1n) is 10.0. The smallest absolute Gasteiger partial charge is 0.338 e. The van der Waals surface area contributed by atoms with Gasteiger partial charge in [0.05, 0.1) is 23.1 Å². The van der Waals surface area contributed by atoms with Crippen molar-refractivity contribution in [2.75, 3.05) is 4.90 Å². The zero-order chi connectivity index (χ0) is 21.0. The van der Waals surface area contributed by atoms with Crippen molar-refractivity contribution in [1.82, 2.24) is 0 Å². The first kappa shape index (κ1) is 19.2. The van der Waals surface area contributed by atoms with Crippen molar-refractivity contribution in [3.8, 4) is 0 Å². The number of imide groups is 1. The fraction of sp³-hybridized carbons (Fsp3) is 0.292. The number of halogens is 1. The van der Waals surface area contributed by atoms with Crippen LogP contribution >= 0.6 is 15.9 Å². The molecule has 6 heteroatoms. The number of carbonyl (C=O) groups is 3. The number of rotatable bonds is 4. The number of fused-ring (bicyclic) bond motifs is 5. The van der Waals surface area contributed by atoms with E-state index >= 15 is 0 Å². The second kappa shape index (κ2) is 7.20. The first-order valence-corrected chi connectivity index (χ1v) is 10.8. The predicted octanol–water partition coefficient (Wildman–Crippen LogP) is 4.51. The Bertz CT molecular complexity index is 1070. The molecule has 2 bridgehead atoms. The molecule has 1 saturated heterocycles. The monoisotopic (exact) mass is 465 g/mol. The Hall–Kier alpha value is -2.73. The van der Waals surface area contributed by atoms with E-state index in [9.17, 15) is 14.4 Å². The number of allylic oxidation sites excluding steroid dienone is 2. The molecule has 0 N–H and O–H groups in total. The van der Waals surface area contributed by atoms with Crippen LogP contribution < -0.4 is 4.90 Å². The Kier molecular flexibility index (Phi) is 4.62. The van der Waals surface area contributed by atoms with E-state index in [2.05, 4.69) is 28.9 Å². The fourth-order valence-electron chi connectivity index (χ4n) is 5.09. The van der Waals surface area contributed by atoms with Gasteiger partial charge in [-0.2, -0.15) is 0 Å². The van der Waals surface area contributed by atoms with Gasteiger partial charge in [0.1, 0.15) is 6.61 Å². The highest BCUT2D eigenvalue weighted by Gasteiger charge is 2.60. The van der Waals surface area contributed by atoms with Crippen molar-refractivity contribution in [2.45, 2.75) is 20.0 Å². The number of ether oxygens (including phenoxy) is 1. The molecule has 2 fully saturated rings. The van der Waals surface area contributed by atoms with Crippen LogP contribution in [0.1, 0.15) is 29.3 Å². The van der Waals surface area contributed by atoms with Gasteiger partial charge in [0.15, 0.2) is 0 Å². The van der Waals surface area contributed by atoms with Crippen LogP contribution in [0.3, 0.4) is 0 Å². The summed E-state index contributed by atoms with van der Waals surface area (Å²) in [6.07, 6.45) is 3.07. The highest BCUT2D eigenvalue weighted by atomic mass is 79.9. The molecule has 0 radical (unpaired) electrons. The van der Waals surface area contributed by atoms with Crippen LogP contribution in [0.2, 0.25) is 0 Å². The summed E-state index contributed by atoms with van der Waals surface area (Å²) in [5.74, 6) is -0.783. The van der Waals surface area contributed by atoms with Gasteiger partial charge in [-0.1, -0.05) is 39.7 Å². The third-order valence-corrected chi connectivity index (χ3v) is 7.05. The summed E-state index contributed by atoms with van der Waals surface area (Å²) >= 11 is 3.37. The molecule has 5 nitrogen and oxygen atoms in total. The maximum atomic E-state index is 13.0. The van der Waals surface area contributed by atoms with Crippen LogP contribution in [0.25, 0.3) is 0 Å². The molecule has 2 amide bonds. The highest BCUT2D eigenvalue weighted by Crippen LogP contribution is 2.55. The zero-order valence-electron chi connectivity index (χ0n) is 16.4. The van der Waals surface area contributed by atoms with Crippen molar-refractivity contribution in [2.24, 2.45) is 23.7 Å². The molecular weight excluding hydrogens is 446 g/mol. The van der Waals surface area contributed by atoms with E-state index in [0.717, 1.165) is 16.5 Å². The summed E-state index contributed by atoms with van der Waals surface area (Å²) in [7, 11) is 0. The van der Waals surface area contributed by atoms with Crippen molar-refractivity contribution in [3.05, 3.63) is 75.8 Å². The lowest BCUT2D eigenvalue weighted by Crippen LogP contribution is -2.32. The molecule has 1 heterocycles. The Morgan fingerprint density at radius 1 is 1.03 bits per heavy atom. The molecule has 2 aromatic carbocycles. The number of amides is 2. The molecule has 4 atom stereocenters. The third kappa shape index (κ3) is 3.01. The summed E-state index contributed by atoms with van der Waals surface area (Å²) in [5, 5.41) is 0. The molecule has 30 heavy (non-hydrogen) atoms. The number of esters is 1. The van der Waals surface area contributed by atoms with E-state index < -0.39 is 5.97 Å². The lowest BCUT2D eigenvalue weighted by atomic mass is 9.82. The van der Waals surface area contributed by atoms with E-state index in [1.807, 2.05) is 24.3 Å². The zero-order valence-corrected chi connectivity index (χ0v) is 18.0. The maximum absolute atomic E-state index is 13.0. The molecule has 5 rings (SSSR count). The summed E-state index contributed by atoms with van der Waals surface area (Å²) < 4.78 is 6.32. The average Bonchev–Trinajstić information content (AvgIpc) is 3.38. The second-order valence-corrected chi connectivity index (χ2v) is 9.15. The standard InChI is InChI=1S/C24H20BrNO4/c1-13-10-16-11-19(13)21-20(16)22(27)26(23(21)28)18-8-4-15(5-9-18)24(29)30-12-14-2-6-17(25)7-3-14/h2-10,16,19-21H,11-12H2,1H3/t16-,19+,20+,21-/m0/s1. The molecule has 2 aromatic rings. The van der Waals surface area contributed by atoms with Crippen LogP contribution in [-0.2, 0) is 20.9 Å². The molecule has 0 unspecified atom stereocenters. The molecule has 0 aromatic heterocycles. The number of carbonyl (C=O) groups excluding carboxylic acids is 3. The van der Waals surface area contributed by atoms with Gasteiger partial charge in [-0.05, 0) is 67.1 Å². The van der Waals surface area contributed by atoms with Crippen LogP contribution in [0, 0.1) is 23.7 Å². The SMILES string of the molecule is CC1=C[C@H]2C[C@H]1[C@@H]1C(=O)N(c3ccc(C(=O)OCc4ccc(Br)cc4)cc3)C(=O)[C@@H]12. The van der Waals surface area contributed by atoms with E-state index in [1.165, 1.54) is 10.5 Å². The normalized spacial score (nSPS) is 26.7. The van der Waals surface area contributed by atoms with Gasteiger partial charge >= 0.3 is 5.97 Å². The maximum Gasteiger partial charge on any atom is 0.338 e. The van der Waals surface area contributed by atoms with Crippen LogP contribution in [0.5, 0.6) is 0 Å². The van der Waals surface area contributed by atoms with Crippen LogP contribution in [0.4, 0.5) is 5.69 Å². The van der Waals surface area contributed by atoms with Gasteiger partial charge in [0.25, 0.3) is 0 Å². The Labute approximate surface area is 182 Å². The van der Waals surface area contributed by atoms with Crippen molar-refractivity contribution < 1.29 is 19.1 Å². The largest absolute Gasteiger partial charge is 0.457 e. The van der Waals surface area contributed by atoms with Gasteiger partial charge in [-0.15, -0.1) is 0 Å². The minimum Gasteiger partial charge on any atom is -0.457 e. The van der Waals surface area contributed by atoms with Gasteiger partial charge in [0.2, 0.25) is 11.8 Å². The first-order chi connectivity index (χ1) is 14.4. The van der Waals surface area contributed by atoms with Crippen molar-refractivity contribution in [1.29, 1.82) is 0 Å². The number of benzene rings is 2. The second-order valence-electron chi connectivity index (χ2n) is 8.23. The third-order valence-electron chi connectivity index (χ3n) is 6.53. The average molecular weight is 466 g/mol. The van der Waals surface area contributed by atoms with Gasteiger partial charge in [-0.25, -0.2) is 4.79 Å². The molecule has 1 aliphatic heterocycles. The number of hydrogen-bond acceptors (Lipinski definition) is 4. The Balaban J connectivity index is 1.28. The number of hydrogen-bond donors (Lipinski definition) is 0. The summed E-state index contributed by atoms with van der Waals surface area (Å²) in [4.78, 5) is 39.6. The van der Waals surface area contributed by atoms with Gasteiger partial charge in [0, 0.05) is 4.47 Å². The molecule has 2 aliphatic carbocycles. The summed E-state index contributed by atoms with van der Waals surface area (Å²) in [6, 6.07) is 14.0. The molecule has 1 saturated carbocycles. The van der Waals surface area contributed by atoms with E-state index in [0.29, 0.717) is 11.3 Å². The topological polar surface area (TPSA) is 63.7 Å². The minimum absolute atomic E-state index is 0.115. The summed E-state index contributed by atoms with van der Waals surface area (Å²) in [5.41, 5.74) is 3.02. The predicted molar refractivity (Wildman–Crippen MR) is 115 cm³/mol. The number of anilines is 1. The van der Waals surface area contributed by atoms with Crippen molar-refractivity contribution in [3.63, 3.8) is 0 Å². The lowest BCUT2D eigenvalue weighted by molar-refractivity contribution is -0.123. The van der Waals surface area contributed by atoms with Gasteiger partial charge in [-0.3, -0.25) is 14.5 Å².